The van der Waals surface area contributed by atoms with E-state index in [9.17, 15) is 9.59 Å². The minimum atomic E-state index is -0.296. The van der Waals surface area contributed by atoms with Crippen LogP contribution in [0, 0.1) is 23.7 Å². The lowest BCUT2D eigenvalue weighted by Crippen LogP contribution is -2.57. The first-order chi connectivity index (χ1) is 15.0. The van der Waals surface area contributed by atoms with Crippen LogP contribution in [0.5, 0.6) is 0 Å². The summed E-state index contributed by atoms with van der Waals surface area (Å²) < 4.78 is 0. The lowest BCUT2D eigenvalue weighted by Gasteiger charge is -2.44. The molecule has 6 atom stereocenters. The Morgan fingerprint density at radius 2 is 1.77 bits per heavy atom. The molecule has 2 bridgehead atoms. The smallest absolute Gasteiger partial charge is 0.225 e. The number of rotatable bonds is 8. The number of anilines is 1. The fourth-order valence-electron chi connectivity index (χ4n) is 6.08. The molecule has 0 spiro atoms. The topological polar surface area (TPSA) is 104 Å². The predicted molar refractivity (Wildman–Crippen MR) is 119 cm³/mol. The zero-order valence-corrected chi connectivity index (χ0v) is 18.7. The summed E-state index contributed by atoms with van der Waals surface area (Å²) in [5.74, 6) is 0.747. The number of aromatic nitrogens is 2. The first-order valence-electron chi connectivity index (χ1n) is 11.8. The van der Waals surface area contributed by atoms with Gasteiger partial charge in [-0.25, -0.2) is 9.97 Å². The molecule has 3 fully saturated rings. The van der Waals surface area contributed by atoms with Crippen LogP contribution >= 0.6 is 0 Å². The second-order valence-corrected chi connectivity index (χ2v) is 9.68. The number of carbonyl (C=O) groups excluding carboxylic acids is 2. The third kappa shape index (κ3) is 4.68. The average molecular weight is 429 g/mol. The van der Waals surface area contributed by atoms with E-state index in [1.807, 2.05) is 6.07 Å². The highest BCUT2D eigenvalue weighted by atomic mass is 16.2. The van der Waals surface area contributed by atoms with Crippen molar-refractivity contribution < 1.29 is 9.59 Å². The van der Waals surface area contributed by atoms with Gasteiger partial charge in [0.25, 0.3) is 0 Å². The highest BCUT2D eigenvalue weighted by Crippen LogP contribution is 2.52. The number of primary amides is 1. The Balaban J connectivity index is 1.18. The number of carbonyl (C=O) groups is 2. The fraction of sp³-hybridized carbons (Fsp3) is 0.739. The summed E-state index contributed by atoms with van der Waals surface area (Å²) in [5.41, 5.74) is 5.61. The number of fused-ring (bicyclic) bond motifs is 2. The van der Waals surface area contributed by atoms with Crippen LogP contribution in [0.2, 0.25) is 0 Å². The van der Waals surface area contributed by atoms with Gasteiger partial charge in [-0.3, -0.25) is 14.5 Å². The molecule has 8 heteroatoms. The Hall–Kier alpha value is -2.22. The summed E-state index contributed by atoms with van der Waals surface area (Å²) in [4.78, 5) is 38.2. The molecule has 1 aliphatic heterocycles. The van der Waals surface area contributed by atoms with Gasteiger partial charge in [-0.15, -0.1) is 0 Å². The van der Waals surface area contributed by atoms with Crippen LogP contribution in [0.25, 0.3) is 0 Å². The van der Waals surface area contributed by atoms with Gasteiger partial charge in [0.2, 0.25) is 17.8 Å². The molecule has 2 saturated carbocycles. The van der Waals surface area contributed by atoms with Gasteiger partial charge in [-0.2, -0.15) is 0 Å². The molecule has 1 aromatic rings. The maximum Gasteiger partial charge on any atom is 0.225 e. The summed E-state index contributed by atoms with van der Waals surface area (Å²) in [7, 11) is 0. The molecular weight excluding hydrogens is 392 g/mol. The van der Waals surface area contributed by atoms with Gasteiger partial charge in [-0.05, 0) is 70.4 Å². The molecular formula is C23H36N6O2. The van der Waals surface area contributed by atoms with E-state index in [0.717, 1.165) is 57.7 Å². The molecule has 3 aliphatic rings. The highest BCUT2D eigenvalue weighted by Gasteiger charge is 2.53. The van der Waals surface area contributed by atoms with E-state index in [4.69, 9.17) is 5.73 Å². The van der Waals surface area contributed by atoms with Crippen LogP contribution < -0.4 is 16.0 Å². The SMILES string of the molecule is CC1CN(c2ncccn2)C(C)CN1CCCCNC(=O)[C@@H]1[C@H]2CC[C@H](C2)[C@@H]1C(N)=O. The van der Waals surface area contributed by atoms with Crippen LogP contribution in [-0.4, -0.2) is 64.9 Å². The number of amides is 2. The van der Waals surface area contributed by atoms with Crippen LogP contribution in [-0.2, 0) is 9.59 Å². The van der Waals surface area contributed by atoms with Crippen molar-refractivity contribution in [3.05, 3.63) is 18.5 Å². The summed E-state index contributed by atoms with van der Waals surface area (Å²) in [6.07, 6.45) is 8.66. The van der Waals surface area contributed by atoms with Crippen molar-refractivity contribution in [1.29, 1.82) is 0 Å². The normalized spacial score (nSPS) is 32.9. The van der Waals surface area contributed by atoms with Gasteiger partial charge >= 0.3 is 0 Å². The van der Waals surface area contributed by atoms with Crippen molar-refractivity contribution in [1.82, 2.24) is 20.2 Å². The van der Waals surface area contributed by atoms with E-state index in [-0.39, 0.29) is 23.7 Å². The predicted octanol–water partition coefficient (Wildman–Crippen LogP) is 1.42. The van der Waals surface area contributed by atoms with E-state index in [0.29, 0.717) is 30.5 Å². The van der Waals surface area contributed by atoms with Crippen molar-refractivity contribution in [3.63, 3.8) is 0 Å². The number of piperazine rings is 1. The minimum Gasteiger partial charge on any atom is -0.369 e. The second kappa shape index (κ2) is 9.51. The maximum atomic E-state index is 12.7. The first-order valence-corrected chi connectivity index (χ1v) is 11.8. The Morgan fingerprint density at radius 3 is 2.48 bits per heavy atom. The summed E-state index contributed by atoms with van der Waals surface area (Å²) in [6, 6.07) is 2.64. The van der Waals surface area contributed by atoms with Gasteiger partial charge in [0.1, 0.15) is 0 Å². The molecule has 2 aliphatic carbocycles. The van der Waals surface area contributed by atoms with Crippen molar-refractivity contribution >= 4 is 17.8 Å². The fourth-order valence-corrected chi connectivity index (χ4v) is 6.08. The lowest BCUT2D eigenvalue weighted by molar-refractivity contribution is -0.135. The van der Waals surface area contributed by atoms with Crippen LogP contribution in [0.1, 0.15) is 46.0 Å². The molecule has 0 aromatic carbocycles. The van der Waals surface area contributed by atoms with Crippen molar-refractivity contribution in [2.75, 3.05) is 31.1 Å². The summed E-state index contributed by atoms with van der Waals surface area (Å²) >= 11 is 0. The van der Waals surface area contributed by atoms with Crippen LogP contribution in [0.3, 0.4) is 0 Å². The zero-order valence-electron chi connectivity index (χ0n) is 18.7. The second-order valence-electron chi connectivity index (χ2n) is 9.68. The lowest BCUT2D eigenvalue weighted by atomic mass is 9.78. The standard InChI is InChI=1S/C23H36N6O2/c1-15-14-29(23-26-9-5-10-27-23)16(2)13-28(15)11-4-3-8-25-22(31)20-18-7-6-17(12-18)19(20)21(24)30/h5,9-10,15-20H,3-4,6-8,11-14H2,1-2H3,(H2,24,30)(H,25,31)/t15?,16?,17-,18+,19+,20-/m1/s1. The number of nitrogens with two attached hydrogens (primary N) is 1. The minimum absolute atomic E-state index is 0.0365. The number of nitrogens with zero attached hydrogens (tertiary/aromatic N) is 4. The number of nitrogens with one attached hydrogen (secondary N) is 1. The number of unbranched alkanes of at least 4 members (excludes halogenated alkanes) is 1. The Labute approximate surface area is 185 Å². The molecule has 1 aromatic heterocycles. The maximum absolute atomic E-state index is 12.7. The van der Waals surface area contributed by atoms with E-state index in [2.05, 4.69) is 38.9 Å². The molecule has 1 saturated heterocycles. The van der Waals surface area contributed by atoms with E-state index in [1.54, 1.807) is 12.4 Å². The molecule has 3 N–H and O–H groups in total. The zero-order chi connectivity index (χ0) is 22.0. The van der Waals surface area contributed by atoms with E-state index >= 15 is 0 Å². The van der Waals surface area contributed by atoms with Gasteiger partial charge < -0.3 is 16.0 Å². The van der Waals surface area contributed by atoms with E-state index in [1.165, 1.54) is 0 Å². The van der Waals surface area contributed by atoms with Gasteiger partial charge in [0.15, 0.2) is 0 Å². The highest BCUT2D eigenvalue weighted by molar-refractivity contribution is 5.88. The molecule has 2 amide bonds. The summed E-state index contributed by atoms with van der Waals surface area (Å²) in [5, 5.41) is 3.09. The molecule has 31 heavy (non-hydrogen) atoms. The van der Waals surface area contributed by atoms with Crippen molar-refractivity contribution in [2.24, 2.45) is 29.4 Å². The monoisotopic (exact) mass is 428 g/mol. The Kier molecular flexibility index (Phi) is 6.74. The van der Waals surface area contributed by atoms with Crippen molar-refractivity contribution in [3.8, 4) is 0 Å². The third-order valence-corrected chi connectivity index (χ3v) is 7.64. The largest absolute Gasteiger partial charge is 0.369 e. The van der Waals surface area contributed by atoms with Crippen LogP contribution in [0.15, 0.2) is 18.5 Å². The molecule has 2 heterocycles. The molecule has 8 nitrogen and oxygen atoms in total. The molecule has 2 unspecified atom stereocenters. The number of hydrogen-bond donors (Lipinski definition) is 2. The van der Waals surface area contributed by atoms with Gasteiger partial charge in [0.05, 0.1) is 11.8 Å². The number of hydrogen-bond acceptors (Lipinski definition) is 6. The first kappa shape index (κ1) is 22.0. The summed E-state index contributed by atoms with van der Waals surface area (Å²) in [6.45, 7) is 8.06. The average Bonchev–Trinajstić information content (AvgIpc) is 3.38. The van der Waals surface area contributed by atoms with E-state index < -0.39 is 0 Å². The Morgan fingerprint density at radius 1 is 1.06 bits per heavy atom. The van der Waals surface area contributed by atoms with Crippen molar-refractivity contribution in [2.45, 2.75) is 58.0 Å². The molecule has 0 radical (unpaired) electrons. The van der Waals surface area contributed by atoms with Gasteiger partial charge in [-0.1, -0.05) is 0 Å². The molecule has 170 valence electrons. The third-order valence-electron chi connectivity index (χ3n) is 7.64. The Bertz CT molecular complexity index is 775. The van der Waals surface area contributed by atoms with Crippen LogP contribution in [0.4, 0.5) is 5.95 Å². The molecule has 4 rings (SSSR count). The quantitative estimate of drug-likeness (QED) is 0.607. The van der Waals surface area contributed by atoms with Gasteiger partial charge in [0, 0.05) is 44.1 Å².